The van der Waals surface area contributed by atoms with Crippen LogP contribution < -0.4 is 25.4 Å². The molecule has 2 heterocycles. The smallest absolute Gasteiger partial charge is 0.227 e. The van der Waals surface area contributed by atoms with Crippen molar-refractivity contribution in [3.63, 3.8) is 0 Å². The van der Waals surface area contributed by atoms with Crippen molar-refractivity contribution in [1.82, 2.24) is 14.9 Å². The van der Waals surface area contributed by atoms with E-state index in [2.05, 4.69) is 49.9 Å². The maximum atomic E-state index is 14.5. The van der Waals surface area contributed by atoms with Gasteiger partial charge in [0.15, 0.2) is 23.1 Å². The van der Waals surface area contributed by atoms with E-state index in [1.54, 1.807) is 0 Å². The molecule has 2 aromatic carbocycles. The van der Waals surface area contributed by atoms with Gasteiger partial charge >= 0.3 is 0 Å². The number of nitrogens with two attached hydrogens (primary N) is 1. The molecule has 1 aliphatic rings. The van der Waals surface area contributed by atoms with Crippen molar-refractivity contribution in [3.05, 3.63) is 58.9 Å². The summed E-state index contributed by atoms with van der Waals surface area (Å²) in [6.45, 7) is 9.20. The summed E-state index contributed by atoms with van der Waals surface area (Å²) in [5.74, 6) is 3.35. The molecular weight excluding hydrogens is 478 g/mol. The maximum absolute atomic E-state index is 14.5. The summed E-state index contributed by atoms with van der Waals surface area (Å²) in [4.78, 5) is 13.3. The van der Waals surface area contributed by atoms with Gasteiger partial charge in [-0.25, -0.2) is 18.7 Å². The molecule has 194 valence electrons. The number of rotatable bonds is 6. The number of nitrogens with one attached hydrogen (secondary N) is 1. The van der Waals surface area contributed by atoms with Crippen molar-refractivity contribution >= 4 is 23.0 Å². The van der Waals surface area contributed by atoms with Gasteiger partial charge in [0.25, 0.3) is 0 Å². The van der Waals surface area contributed by atoms with Crippen LogP contribution in [0, 0.1) is 30.4 Å². The van der Waals surface area contributed by atoms with Crippen LogP contribution in [0.3, 0.4) is 0 Å². The Kier molecular flexibility index (Phi) is 7.94. The van der Waals surface area contributed by atoms with E-state index >= 15 is 0 Å². The number of piperazine rings is 1. The quantitative estimate of drug-likeness (QED) is 0.382. The number of ether oxygens (including phenoxy) is 2. The Morgan fingerprint density at radius 3 is 2.14 bits per heavy atom. The lowest BCUT2D eigenvalue weighted by molar-refractivity contribution is 0.271. The van der Waals surface area contributed by atoms with E-state index in [1.807, 2.05) is 13.0 Å². The van der Waals surface area contributed by atoms with E-state index in [-0.39, 0.29) is 11.5 Å². The van der Waals surface area contributed by atoms with E-state index in [4.69, 9.17) is 15.2 Å². The molecule has 8 nitrogen and oxygen atoms in total. The molecule has 1 fully saturated rings. The van der Waals surface area contributed by atoms with E-state index in [1.165, 1.54) is 26.6 Å². The number of halogens is 2. The number of aryl methyl sites for hydroxylation is 1. The highest BCUT2D eigenvalue weighted by Crippen LogP contribution is 2.32. The molecule has 37 heavy (non-hydrogen) atoms. The van der Waals surface area contributed by atoms with E-state index in [0.717, 1.165) is 55.7 Å². The summed E-state index contributed by atoms with van der Waals surface area (Å²) in [6, 6.07) is 5.19. The van der Waals surface area contributed by atoms with Crippen molar-refractivity contribution in [2.45, 2.75) is 13.8 Å². The zero-order chi connectivity index (χ0) is 26.5. The second kappa shape index (κ2) is 11.3. The van der Waals surface area contributed by atoms with Gasteiger partial charge in [0.1, 0.15) is 5.56 Å². The molecule has 1 saturated heterocycles. The third kappa shape index (κ3) is 5.67. The zero-order valence-corrected chi connectivity index (χ0v) is 21.4. The van der Waals surface area contributed by atoms with E-state index < -0.39 is 17.2 Å². The summed E-state index contributed by atoms with van der Waals surface area (Å²) < 4.78 is 38.9. The minimum atomic E-state index is -0.908. The minimum Gasteiger partial charge on any atom is -0.493 e. The van der Waals surface area contributed by atoms with Crippen LogP contribution in [-0.4, -0.2) is 61.8 Å². The van der Waals surface area contributed by atoms with Crippen molar-refractivity contribution in [2.24, 2.45) is 0 Å². The molecule has 0 radical (unpaired) electrons. The SMILES string of the molecule is CCN1CCN(c2cc(C)c(Nc3ncc(C#Cc4c(F)c(OC)cc(OC)c4F)cn3)c(N)c2)CC1. The Labute approximate surface area is 215 Å². The molecule has 0 unspecified atom stereocenters. The molecular formula is C27H30F2N6O2. The Bertz CT molecular complexity index is 1280. The van der Waals surface area contributed by atoms with Crippen LogP contribution in [0.4, 0.5) is 31.8 Å². The topological polar surface area (TPSA) is 88.8 Å². The van der Waals surface area contributed by atoms with Crippen molar-refractivity contribution in [2.75, 3.05) is 62.9 Å². The van der Waals surface area contributed by atoms with Gasteiger partial charge in [0.2, 0.25) is 5.95 Å². The summed E-state index contributed by atoms with van der Waals surface area (Å²) >= 11 is 0. The Hall–Kier alpha value is -4.10. The number of benzene rings is 2. The largest absolute Gasteiger partial charge is 0.493 e. The van der Waals surface area contributed by atoms with Gasteiger partial charge in [-0.15, -0.1) is 0 Å². The lowest BCUT2D eigenvalue weighted by atomic mass is 10.1. The fourth-order valence-electron chi connectivity index (χ4n) is 4.17. The minimum absolute atomic E-state index is 0.166. The molecule has 1 aromatic heterocycles. The first-order valence-corrected chi connectivity index (χ1v) is 11.9. The molecule has 10 heteroatoms. The van der Waals surface area contributed by atoms with Gasteiger partial charge in [0, 0.05) is 50.3 Å². The molecule has 0 amide bonds. The Morgan fingerprint density at radius 1 is 0.973 bits per heavy atom. The van der Waals surface area contributed by atoms with Crippen LogP contribution in [0.2, 0.25) is 0 Å². The lowest BCUT2D eigenvalue weighted by Gasteiger charge is -2.36. The first kappa shape index (κ1) is 26.0. The van der Waals surface area contributed by atoms with Crippen LogP contribution in [-0.2, 0) is 0 Å². The van der Waals surface area contributed by atoms with Crippen molar-refractivity contribution < 1.29 is 18.3 Å². The molecule has 0 saturated carbocycles. The van der Waals surface area contributed by atoms with E-state index in [0.29, 0.717) is 17.2 Å². The number of nitrogens with zero attached hydrogens (tertiary/aromatic N) is 4. The highest BCUT2D eigenvalue weighted by atomic mass is 19.1. The van der Waals surface area contributed by atoms with Gasteiger partial charge in [0.05, 0.1) is 31.2 Å². The lowest BCUT2D eigenvalue weighted by Crippen LogP contribution is -2.46. The normalized spacial score (nSPS) is 13.6. The molecule has 1 aliphatic heterocycles. The second-order valence-electron chi connectivity index (χ2n) is 8.60. The van der Waals surface area contributed by atoms with Gasteiger partial charge in [-0.2, -0.15) is 0 Å². The third-order valence-electron chi connectivity index (χ3n) is 6.33. The summed E-state index contributed by atoms with van der Waals surface area (Å²) in [7, 11) is 2.56. The van der Waals surface area contributed by atoms with Crippen molar-refractivity contribution in [3.8, 4) is 23.3 Å². The number of nitrogen functional groups attached to an aromatic ring is 1. The van der Waals surface area contributed by atoms with Gasteiger partial charge in [-0.1, -0.05) is 18.8 Å². The summed E-state index contributed by atoms with van der Waals surface area (Å²) in [6.07, 6.45) is 2.92. The number of anilines is 4. The maximum Gasteiger partial charge on any atom is 0.227 e. The highest BCUT2D eigenvalue weighted by molar-refractivity contribution is 5.78. The monoisotopic (exact) mass is 508 g/mol. The van der Waals surface area contributed by atoms with Crippen LogP contribution in [0.25, 0.3) is 0 Å². The fraction of sp³-hybridized carbons (Fsp3) is 0.333. The fourth-order valence-corrected chi connectivity index (χ4v) is 4.17. The van der Waals surface area contributed by atoms with Crippen LogP contribution >= 0.6 is 0 Å². The number of hydrogen-bond acceptors (Lipinski definition) is 8. The molecule has 0 spiro atoms. The molecule has 0 atom stereocenters. The standard InChI is InChI=1S/C27H30F2N6O2/c1-5-34-8-10-35(11-9-34)19-12-17(2)26(21(30)13-19)33-27-31-15-18(16-32-27)6-7-20-24(28)22(36-3)14-23(37-4)25(20)29/h12-16H,5,8-11,30H2,1-4H3,(H,31,32,33). The summed E-state index contributed by atoms with van der Waals surface area (Å²) in [5.41, 5.74) is 9.68. The van der Waals surface area contributed by atoms with Crippen LogP contribution in [0.15, 0.2) is 30.6 Å². The first-order valence-electron chi connectivity index (χ1n) is 11.9. The predicted molar refractivity (Wildman–Crippen MR) is 141 cm³/mol. The van der Waals surface area contributed by atoms with Crippen LogP contribution in [0.5, 0.6) is 11.5 Å². The molecule has 0 bridgehead atoms. The molecule has 4 rings (SSSR count). The van der Waals surface area contributed by atoms with Crippen molar-refractivity contribution in [1.29, 1.82) is 0 Å². The van der Waals surface area contributed by atoms with Crippen LogP contribution in [0.1, 0.15) is 23.6 Å². The van der Waals surface area contributed by atoms with Gasteiger partial charge in [-0.3, -0.25) is 0 Å². The molecule has 3 aromatic rings. The Balaban J connectivity index is 1.50. The Morgan fingerprint density at radius 2 is 1.59 bits per heavy atom. The van der Waals surface area contributed by atoms with Gasteiger partial charge in [-0.05, 0) is 31.2 Å². The number of hydrogen-bond donors (Lipinski definition) is 2. The second-order valence-corrected chi connectivity index (χ2v) is 8.60. The highest BCUT2D eigenvalue weighted by Gasteiger charge is 2.19. The van der Waals surface area contributed by atoms with Gasteiger partial charge < -0.3 is 30.3 Å². The number of methoxy groups -OCH3 is 2. The number of aromatic nitrogens is 2. The predicted octanol–water partition coefficient (Wildman–Crippen LogP) is 3.95. The van der Waals surface area contributed by atoms with E-state index in [9.17, 15) is 8.78 Å². The first-order chi connectivity index (χ1) is 17.8. The molecule has 3 N–H and O–H groups in total. The summed E-state index contributed by atoms with van der Waals surface area (Å²) in [5, 5.41) is 3.16. The average molecular weight is 509 g/mol. The molecule has 0 aliphatic carbocycles. The third-order valence-corrected chi connectivity index (χ3v) is 6.33. The number of likely N-dealkylation sites (N-methyl/N-ethyl adjacent to an activating group) is 1. The zero-order valence-electron chi connectivity index (χ0n) is 21.4. The average Bonchev–Trinajstić information content (AvgIpc) is 2.91.